The second kappa shape index (κ2) is 2.98. The van der Waals surface area contributed by atoms with Crippen molar-refractivity contribution in [3.63, 3.8) is 0 Å². The summed E-state index contributed by atoms with van der Waals surface area (Å²) in [4.78, 5) is 4.03. The van der Waals surface area contributed by atoms with Crippen molar-refractivity contribution in [3.8, 4) is 11.5 Å². The van der Waals surface area contributed by atoms with Gasteiger partial charge in [-0.2, -0.15) is 4.98 Å². The molecule has 0 aliphatic rings. The van der Waals surface area contributed by atoms with Crippen LogP contribution in [0.3, 0.4) is 0 Å². The van der Waals surface area contributed by atoms with E-state index in [4.69, 9.17) is 10.3 Å². The van der Waals surface area contributed by atoms with Gasteiger partial charge in [-0.15, -0.1) is 0 Å². The van der Waals surface area contributed by atoms with Crippen LogP contribution in [-0.2, 0) is 0 Å². The number of hydrogen-bond donors (Lipinski definition) is 1. The molecule has 0 spiro atoms. The van der Waals surface area contributed by atoms with E-state index in [0.29, 0.717) is 17.4 Å². The van der Waals surface area contributed by atoms with Gasteiger partial charge in [0.1, 0.15) is 6.26 Å². The molecule has 0 fully saturated rings. The first-order chi connectivity index (χ1) is 6.27. The monoisotopic (exact) mass is 180 g/mol. The molecule has 2 heterocycles. The van der Waals surface area contributed by atoms with Gasteiger partial charge in [-0.05, 0) is 6.92 Å². The molecule has 0 aliphatic heterocycles. The molecule has 6 nitrogen and oxygen atoms in total. The van der Waals surface area contributed by atoms with Crippen molar-refractivity contribution >= 4 is 0 Å². The second-order valence-electron chi connectivity index (χ2n) is 2.63. The van der Waals surface area contributed by atoms with Gasteiger partial charge in [0.15, 0.2) is 5.69 Å². The van der Waals surface area contributed by atoms with Gasteiger partial charge in [0, 0.05) is 6.07 Å². The Morgan fingerprint density at radius 1 is 1.46 bits per heavy atom. The molecule has 0 bridgehead atoms. The van der Waals surface area contributed by atoms with E-state index < -0.39 is 0 Å². The Kier molecular flexibility index (Phi) is 1.82. The molecule has 13 heavy (non-hydrogen) atoms. The highest BCUT2D eigenvalue weighted by atomic mass is 16.5. The lowest BCUT2D eigenvalue weighted by molar-refractivity contribution is 0.361. The quantitative estimate of drug-likeness (QED) is 0.733. The van der Waals surface area contributed by atoms with Crippen LogP contribution in [0.4, 0.5) is 0 Å². The molecule has 0 radical (unpaired) electrons. The molecule has 0 amide bonds. The van der Waals surface area contributed by atoms with Crippen molar-refractivity contribution in [3.05, 3.63) is 18.2 Å². The Morgan fingerprint density at radius 2 is 2.31 bits per heavy atom. The summed E-state index contributed by atoms with van der Waals surface area (Å²) in [5.74, 6) is 0.777. The van der Waals surface area contributed by atoms with Gasteiger partial charge >= 0.3 is 0 Å². The maximum absolute atomic E-state index is 5.54. The normalized spacial score (nSPS) is 13.1. The number of hydrogen-bond acceptors (Lipinski definition) is 6. The van der Waals surface area contributed by atoms with Gasteiger partial charge in [0.2, 0.25) is 11.7 Å². The minimum atomic E-state index is -0.270. The summed E-state index contributed by atoms with van der Waals surface area (Å²) < 4.78 is 9.52. The van der Waals surface area contributed by atoms with Crippen molar-refractivity contribution in [2.24, 2.45) is 5.73 Å². The van der Waals surface area contributed by atoms with Gasteiger partial charge in [-0.3, -0.25) is 0 Å². The van der Waals surface area contributed by atoms with Crippen LogP contribution in [0, 0.1) is 0 Å². The summed E-state index contributed by atoms with van der Waals surface area (Å²) in [6.45, 7) is 1.76. The van der Waals surface area contributed by atoms with Gasteiger partial charge < -0.3 is 14.8 Å². The van der Waals surface area contributed by atoms with Crippen LogP contribution < -0.4 is 5.73 Å². The second-order valence-corrected chi connectivity index (χ2v) is 2.63. The first-order valence-electron chi connectivity index (χ1n) is 3.77. The van der Waals surface area contributed by atoms with E-state index in [-0.39, 0.29) is 6.04 Å². The predicted octanol–water partition coefficient (Wildman–Crippen LogP) is 0.744. The molecule has 6 heteroatoms. The summed E-state index contributed by atoms with van der Waals surface area (Å²) in [6.07, 6.45) is 1.44. The third-order valence-electron chi connectivity index (χ3n) is 1.50. The minimum Gasteiger partial charge on any atom is -0.364 e. The van der Waals surface area contributed by atoms with Crippen LogP contribution in [0.2, 0.25) is 0 Å². The van der Waals surface area contributed by atoms with E-state index in [0.717, 1.165) is 0 Å². The Bertz CT molecular complexity index is 379. The number of nitrogens with zero attached hydrogens (tertiary/aromatic N) is 3. The summed E-state index contributed by atoms with van der Waals surface area (Å²) in [7, 11) is 0. The Morgan fingerprint density at radius 3 is 2.85 bits per heavy atom. The largest absolute Gasteiger partial charge is 0.364 e. The van der Waals surface area contributed by atoms with E-state index in [1.807, 2.05) is 0 Å². The average Bonchev–Trinajstić information content (AvgIpc) is 2.75. The predicted molar refractivity (Wildman–Crippen MR) is 42.4 cm³/mol. The molecular formula is C7H8N4O2. The smallest absolute Gasteiger partial charge is 0.243 e. The lowest BCUT2D eigenvalue weighted by Gasteiger charge is -1.92. The van der Waals surface area contributed by atoms with E-state index in [9.17, 15) is 0 Å². The van der Waals surface area contributed by atoms with Crippen molar-refractivity contribution in [2.75, 3.05) is 0 Å². The summed E-state index contributed by atoms with van der Waals surface area (Å²) >= 11 is 0. The topological polar surface area (TPSA) is 91.0 Å². The zero-order valence-corrected chi connectivity index (χ0v) is 6.97. The van der Waals surface area contributed by atoms with Gasteiger partial charge in [-0.25, -0.2) is 0 Å². The highest BCUT2D eigenvalue weighted by Gasteiger charge is 2.13. The number of rotatable bonds is 2. The van der Waals surface area contributed by atoms with Gasteiger partial charge in [-0.1, -0.05) is 10.3 Å². The van der Waals surface area contributed by atoms with Crippen LogP contribution in [-0.4, -0.2) is 15.3 Å². The maximum Gasteiger partial charge on any atom is 0.243 e. The fourth-order valence-corrected chi connectivity index (χ4v) is 0.852. The molecule has 0 aliphatic carbocycles. The third kappa shape index (κ3) is 1.43. The number of nitrogens with two attached hydrogens (primary N) is 1. The zero-order valence-electron chi connectivity index (χ0n) is 6.97. The van der Waals surface area contributed by atoms with Crippen molar-refractivity contribution in [2.45, 2.75) is 13.0 Å². The molecule has 2 N–H and O–H groups in total. The standard InChI is InChI=1S/C7H8N4O2/c1-4(8)7-9-6(11-13-7)5-2-3-12-10-5/h2-4H,8H2,1H3/t4-/m0/s1. The fraction of sp³-hybridized carbons (Fsp3) is 0.286. The highest BCUT2D eigenvalue weighted by molar-refractivity contribution is 5.45. The third-order valence-corrected chi connectivity index (χ3v) is 1.50. The van der Waals surface area contributed by atoms with Gasteiger partial charge in [0.25, 0.3) is 0 Å². The Labute approximate surface area is 73.7 Å². The van der Waals surface area contributed by atoms with Crippen LogP contribution in [0.5, 0.6) is 0 Å². The highest BCUT2D eigenvalue weighted by Crippen LogP contribution is 2.14. The average molecular weight is 180 g/mol. The Balaban J connectivity index is 2.33. The van der Waals surface area contributed by atoms with Crippen molar-refractivity contribution in [1.29, 1.82) is 0 Å². The molecule has 0 unspecified atom stereocenters. The zero-order chi connectivity index (χ0) is 9.26. The number of aromatic nitrogens is 3. The molecule has 0 aromatic carbocycles. The molecular weight excluding hydrogens is 172 g/mol. The van der Waals surface area contributed by atoms with Crippen LogP contribution >= 0.6 is 0 Å². The SMILES string of the molecule is C[C@H](N)c1nc(-c2ccon2)no1. The van der Waals surface area contributed by atoms with Gasteiger partial charge in [0.05, 0.1) is 6.04 Å². The minimum absolute atomic E-state index is 0.270. The summed E-state index contributed by atoms with van der Waals surface area (Å²) in [5.41, 5.74) is 6.08. The molecule has 0 saturated heterocycles. The molecule has 2 rings (SSSR count). The van der Waals surface area contributed by atoms with E-state index >= 15 is 0 Å². The fourth-order valence-electron chi connectivity index (χ4n) is 0.852. The first kappa shape index (κ1) is 7.93. The molecule has 2 aromatic heterocycles. The summed E-state index contributed by atoms with van der Waals surface area (Å²) in [6, 6.07) is 1.38. The maximum atomic E-state index is 5.54. The Hall–Kier alpha value is -1.69. The molecule has 1 atom stereocenters. The van der Waals surface area contributed by atoms with Crippen LogP contribution in [0.25, 0.3) is 11.5 Å². The lowest BCUT2D eigenvalue weighted by Crippen LogP contribution is -2.04. The first-order valence-corrected chi connectivity index (χ1v) is 3.77. The molecule has 0 saturated carbocycles. The van der Waals surface area contributed by atoms with Crippen molar-refractivity contribution in [1.82, 2.24) is 15.3 Å². The van der Waals surface area contributed by atoms with E-state index in [1.165, 1.54) is 6.26 Å². The van der Waals surface area contributed by atoms with Crippen molar-refractivity contribution < 1.29 is 9.05 Å². The van der Waals surface area contributed by atoms with E-state index in [2.05, 4.69) is 19.8 Å². The lowest BCUT2D eigenvalue weighted by atomic mass is 10.3. The van der Waals surface area contributed by atoms with Crippen LogP contribution in [0.15, 0.2) is 21.4 Å². The molecule has 68 valence electrons. The molecule has 2 aromatic rings. The summed E-state index contributed by atoms with van der Waals surface area (Å²) in [5, 5.41) is 7.35. The van der Waals surface area contributed by atoms with E-state index in [1.54, 1.807) is 13.0 Å². The van der Waals surface area contributed by atoms with Crippen LogP contribution in [0.1, 0.15) is 18.9 Å².